The van der Waals surface area contributed by atoms with Gasteiger partial charge in [0.15, 0.2) is 0 Å². The molecule has 4 aromatic rings. The number of amides is 1. The quantitative estimate of drug-likeness (QED) is 0.423. The van der Waals surface area contributed by atoms with Crippen LogP contribution in [0.1, 0.15) is 40.3 Å². The Labute approximate surface area is 185 Å². The number of hydrogen-bond acceptors (Lipinski definition) is 4. The Hall–Kier alpha value is -3.03. The van der Waals surface area contributed by atoms with Crippen LogP contribution in [0.25, 0.3) is 10.9 Å². The summed E-state index contributed by atoms with van der Waals surface area (Å²) in [7, 11) is -4.02. The molecule has 6 nitrogen and oxygen atoms in total. The second-order valence-electron chi connectivity index (χ2n) is 7.56. The minimum Gasteiger partial charge on any atom is -0.467 e. The van der Waals surface area contributed by atoms with Crippen LogP contribution in [0, 0.1) is 13.8 Å². The van der Waals surface area contributed by atoms with Gasteiger partial charge in [-0.1, -0.05) is 17.7 Å². The first-order valence-electron chi connectivity index (χ1n) is 9.65. The van der Waals surface area contributed by atoms with Crippen LogP contribution in [-0.4, -0.2) is 19.3 Å². The highest BCUT2D eigenvalue weighted by molar-refractivity contribution is 7.91. The molecule has 0 radical (unpaired) electrons. The molecule has 0 aliphatic carbocycles. The second kappa shape index (κ2) is 7.90. The molecule has 2 aromatic carbocycles. The molecule has 0 aliphatic heterocycles. The number of rotatable bonds is 5. The fraction of sp³-hybridized carbons (Fsp3) is 0.174. The highest BCUT2D eigenvalue weighted by atomic mass is 35.5. The van der Waals surface area contributed by atoms with E-state index in [0.29, 0.717) is 21.7 Å². The number of carbonyl (C=O) groups is 1. The zero-order valence-electron chi connectivity index (χ0n) is 17.2. The third-order valence-corrected chi connectivity index (χ3v) is 7.08. The average molecular weight is 457 g/mol. The monoisotopic (exact) mass is 456 g/mol. The van der Waals surface area contributed by atoms with E-state index in [2.05, 4.69) is 10.3 Å². The zero-order chi connectivity index (χ0) is 22.3. The standard InChI is InChI=1S/C23H21ClN2O4S/c1-13-9-14(2)11-17(10-13)31(28,29)22-18-12-16(24)6-7-19(18)26-21(22)23(27)25-15(3)20-5-4-8-30-20/h4-12,15,26H,1-3H3,(H,25,27). The zero-order valence-corrected chi connectivity index (χ0v) is 18.8. The van der Waals surface area contributed by atoms with Crippen molar-refractivity contribution < 1.29 is 17.6 Å². The minimum atomic E-state index is -4.02. The van der Waals surface area contributed by atoms with Gasteiger partial charge in [-0.15, -0.1) is 0 Å². The van der Waals surface area contributed by atoms with Crippen molar-refractivity contribution in [3.8, 4) is 0 Å². The predicted molar refractivity (Wildman–Crippen MR) is 119 cm³/mol. The van der Waals surface area contributed by atoms with Gasteiger partial charge in [0.2, 0.25) is 9.84 Å². The Kier molecular flexibility index (Phi) is 5.41. The number of aromatic nitrogens is 1. The molecule has 0 aliphatic rings. The summed E-state index contributed by atoms with van der Waals surface area (Å²) in [5, 5.41) is 3.54. The fourth-order valence-electron chi connectivity index (χ4n) is 3.66. The van der Waals surface area contributed by atoms with E-state index in [0.717, 1.165) is 11.1 Å². The lowest BCUT2D eigenvalue weighted by molar-refractivity contribution is 0.0928. The molecule has 4 rings (SSSR count). The molecule has 2 heterocycles. The number of aryl methyl sites for hydroxylation is 2. The topological polar surface area (TPSA) is 92.2 Å². The largest absolute Gasteiger partial charge is 0.467 e. The lowest BCUT2D eigenvalue weighted by Gasteiger charge is -2.13. The number of benzene rings is 2. The number of sulfone groups is 1. The molecule has 8 heteroatoms. The first kappa shape index (κ1) is 21.2. The van der Waals surface area contributed by atoms with Gasteiger partial charge in [0, 0.05) is 15.9 Å². The summed E-state index contributed by atoms with van der Waals surface area (Å²) in [5.74, 6) is 0.00499. The maximum absolute atomic E-state index is 13.7. The summed E-state index contributed by atoms with van der Waals surface area (Å²) in [6.45, 7) is 5.42. The molecule has 0 bridgehead atoms. The van der Waals surface area contributed by atoms with Gasteiger partial charge in [0.05, 0.1) is 17.2 Å². The smallest absolute Gasteiger partial charge is 0.269 e. The fourth-order valence-corrected chi connectivity index (χ4v) is 5.62. The second-order valence-corrected chi connectivity index (χ2v) is 9.88. The normalized spacial score (nSPS) is 12.8. The Morgan fingerprint density at radius 1 is 1.10 bits per heavy atom. The van der Waals surface area contributed by atoms with Crippen molar-refractivity contribution in [2.45, 2.75) is 36.6 Å². The van der Waals surface area contributed by atoms with Crippen molar-refractivity contribution in [1.29, 1.82) is 0 Å². The van der Waals surface area contributed by atoms with Crippen LogP contribution in [0.3, 0.4) is 0 Å². The number of nitrogens with one attached hydrogen (secondary N) is 2. The number of aromatic amines is 1. The average Bonchev–Trinajstić information content (AvgIpc) is 3.35. The lowest BCUT2D eigenvalue weighted by Crippen LogP contribution is -2.28. The SMILES string of the molecule is Cc1cc(C)cc(S(=O)(=O)c2c(C(=O)NC(C)c3ccco3)[nH]c3ccc(Cl)cc23)c1. The van der Waals surface area contributed by atoms with Gasteiger partial charge < -0.3 is 14.7 Å². The van der Waals surface area contributed by atoms with Gasteiger partial charge in [-0.05, 0) is 74.4 Å². The van der Waals surface area contributed by atoms with Crippen LogP contribution in [0.15, 0.2) is 69.0 Å². The Morgan fingerprint density at radius 3 is 2.45 bits per heavy atom. The van der Waals surface area contributed by atoms with Gasteiger partial charge in [0.1, 0.15) is 16.3 Å². The molecular formula is C23H21ClN2O4S. The summed E-state index contributed by atoms with van der Waals surface area (Å²) in [5.41, 5.74) is 2.08. The van der Waals surface area contributed by atoms with Crippen molar-refractivity contribution in [3.63, 3.8) is 0 Å². The van der Waals surface area contributed by atoms with Crippen LogP contribution in [0.4, 0.5) is 0 Å². The van der Waals surface area contributed by atoms with Gasteiger partial charge in [-0.25, -0.2) is 8.42 Å². The first-order valence-corrected chi connectivity index (χ1v) is 11.5. The molecule has 31 heavy (non-hydrogen) atoms. The van der Waals surface area contributed by atoms with Crippen LogP contribution in [0.2, 0.25) is 5.02 Å². The molecule has 0 saturated carbocycles. The first-order chi connectivity index (χ1) is 14.7. The molecule has 0 saturated heterocycles. The molecule has 1 atom stereocenters. The van der Waals surface area contributed by atoms with Crippen molar-refractivity contribution in [3.05, 3.63) is 82.4 Å². The van der Waals surface area contributed by atoms with E-state index in [1.165, 1.54) is 6.26 Å². The van der Waals surface area contributed by atoms with Crippen LogP contribution in [-0.2, 0) is 9.84 Å². The van der Waals surface area contributed by atoms with Crippen molar-refractivity contribution >= 4 is 38.2 Å². The molecule has 2 aromatic heterocycles. The third-order valence-electron chi connectivity index (χ3n) is 5.03. The molecule has 1 amide bonds. The number of carbonyl (C=O) groups excluding carboxylic acids is 1. The molecule has 0 fully saturated rings. The number of hydrogen-bond donors (Lipinski definition) is 2. The number of furan rings is 1. The van der Waals surface area contributed by atoms with E-state index in [4.69, 9.17) is 16.0 Å². The van der Waals surface area contributed by atoms with E-state index >= 15 is 0 Å². The van der Waals surface area contributed by atoms with Crippen molar-refractivity contribution in [2.75, 3.05) is 0 Å². The van der Waals surface area contributed by atoms with Crippen molar-refractivity contribution in [1.82, 2.24) is 10.3 Å². The Bertz CT molecular complexity index is 1370. The highest BCUT2D eigenvalue weighted by Crippen LogP contribution is 2.34. The maximum Gasteiger partial charge on any atom is 0.269 e. The number of halogens is 1. The predicted octanol–water partition coefficient (Wildman–Crippen LogP) is 5.35. The summed E-state index contributed by atoms with van der Waals surface area (Å²) < 4.78 is 32.7. The summed E-state index contributed by atoms with van der Waals surface area (Å²) in [6, 6.07) is 12.9. The molecular weight excluding hydrogens is 436 g/mol. The number of fused-ring (bicyclic) bond motifs is 1. The van der Waals surface area contributed by atoms with Gasteiger partial charge in [-0.2, -0.15) is 0 Å². The molecule has 2 N–H and O–H groups in total. The van der Waals surface area contributed by atoms with Crippen molar-refractivity contribution in [2.24, 2.45) is 0 Å². The van der Waals surface area contributed by atoms with Gasteiger partial charge >= 0.3 is 0 Å². The van der Waals surface area contributed by atoms with Crippen LogP contribution < -0.4 is 5.32 Å². The van der Waals surface area contributed by atoms with Crippen LogP contribution in [0.5, 0.6) is 0 Å². The summed E-state index contributed by atoms with van der Waals surface area (Å²) in [4.78, 5) is 16.1. The van der Waals surface area contributed by atoms with E-state index < -0.39 is 21.8 Å². The number of H-pyrrole nitrogens is 1. The van der Waals surface area contributed by atoms with E-state index in [1.54, 1.807) is 49.4 Å². The Morgan fingerprint density at radius 2 is 1.81 bits per heavy atom. The summed E-state index contributed by atoms with van der Waals surface area (Å²) in [6.07, 6.45) is 1.51. The van der Waals surface area contributed by atoms with E-state index in [9.17, 15) is 13.2 Å². The maximum atomic E-state index is 13.7. The van der Waals surface area contributed by atoms with E-state index in [1.807, 2.05) is 19.9 Å². The lowest BCUT2D eigenvalue weighted by atomic mass is 10.2. The minimum absolute atomic E-state index is 0.0465. The Balaban J connectivity index is 1.89. The van der Waals surface area contributed by atoms with Gasteiger partial charge in [0.25, 0.3) is 5.91 Å². The molecule has 160 valence electrons. The van der Waals surface area contributed by atoms with Gasteiger partial charge in [-0.3, -0.25) is 4.79 Å². The molecule has 1 unspecified atom stereocenters. The third kappa shape index (κ3) is 3.98. The molecule has 0 spiro atoms. The highest BCUT2D eigenvalue weighted by Gasteiger charge is 2.31. The van der Waals surface area contributed by atoms with Crippen LogP contribution >= 0.6 is 11.6 Å². The summed E-state index contributed by atoms with van der Waals surface area (Å²) >= 11 is 6.16. The van der Waals surface area contributed by atoms with E-state index in [-0.39, 0.29) is 15.5 Å².